The molecule has 0 aromatic heterocycles. The fraction of sp³-hybridized carbons (Fsp3) is 0.923. The Morgan fingerprint density at radius 3 is 2.59 bits per heavy atom. The summed E-state index contributed by atoms with van der Waals surface area (Å²) < 4.78 is 17.3. The number of thioether (sulfide) groups is 1. The standard InChI is InChI=1S/C13H25FO2S/c1-4-5-7-12(17-9-6-8-14)13(15)16-10-11(2)3/h11-12H,4-10H2,1-3H3. The van der Waals surface area contributed by atoms with Gasteiger partial charge in [0.15, 0.2) is 0 Å². The number of carbonyl (C=O) groups is 1. The van der Waals surface area contributed by atoms with Gasteiger partial charge in [0.1, 0.15) is 5.25 Å². The zero-order valence-corrected chi connectivity index (χ0v) is 12.0. The Kier molecular flexibility index (Phi) is 10.7. The number of esters is 1. The highest BCUT2D eigenvalue weighted by Gasteiger charge is 2.20. The minimum absolute atomic E-state index is 0.111. The van der Waals surface area contributed by atoms with Crippen molar-refractivity contribution in [2.24, 2.45) is 5.92 Å². The topological polar surface area (TPSA) is 26.3 Å². The molecular weight excluding hydrogens is 239 g/mol. The second kappa shape index (κ2) is 10.9. The largest absolute Gasteiger partial charge is 0.465 e. The molecule has 0 N–H and O–H groups in total. The van der Waals surface area contributed by atoms with E-state index in [-0.39, 0.29) is 17.9 Å². The first-order chi connectivity index (χ1) is 8.11. The van der Waals surface area contributed by atoms with Crippen LogP contribution in [0.25, 0.3) is 0 Å². The van der Waals surface area contributed by atoms with Gasteiger partial charge in [0.25, 0.3) is 0 Å². The smallest absolute Gasteiger partial charge is 0.319 e. The Morgan fingerprint density at radius 2 is 2.06 bits per heavy atom. The van der Waals surface area contributed by atoms with Gasteiger partial charge < -0.3 is 4.74 Å². The van der Waals surface area contributed by atoms with Crippen molar-refractivity contribution in [3.05, 3.63) is 0 Å². The molecule has 0 aromatic carbocycles. The number of hydrogen-bond acceptors (Lipinski definition) is 3. The van der Waals surface area contributed by atoms with E-state index in [1.54, 1.807) is 0 Å². The number of alkyl halides is 1. The van der Waals surface area contributed by atoms with Crippen LogP contribution in [0.3, 0.4) is 0 Å². The molecule has 1 atom stereocenters. The second-order valence-electron chi connectivity index (χ2n) is 4.57. The summed E-state index contributed by atoms with van der Waals surface area (Å²) in [5.41, 5.74) is 0. The van der Waals surface area contributed by atoms with E-state index in [0.29, 0.717) is 24.7 Å². The summed E-state index contributed by atoms with van der Waals surface area (Å²) in [5, 5.41) is -0.111. The lowest BCUT2D eigenvalue weighted by Crippen LogP contribution is -2.22. The molecule has 4 heteroatoms. The minimum Gasteiger partial charge on any atom is -0.465 e. The molecule has 0 aliphatic rings. The summed E-state index contributed by atoms with van der Waals surface area (Å²) in [6, 6.07) is 0. The van der Waals surface area contributed by atoms with Crippen LogP contribution in [-0.2, 0) is 9.53 Å². The Labute approximate surface area is 109 Å². The molecule has 0 heterocycles. The normalized spacial score (nSPS) is 12.8. The zero-order valence-electron chi connectivity index (χ0n) is 11.2. The first-order valence-electron chi connectivity index (χ1n) is 6.46. The van der Waals surface area contributed by atoms with E-state index >= 15 is 0 Å². The molecule has 0 spiro atoms. The van der Waals surface area contributed by atoms with Crippen molar-refractivity contribution in [3.63, 3.8) is 0 Å². The lowest BCUT2D eigenvalue weighted by molar-refractivity contribution is -0.144. The van der Waals surface area contributed by atoms with Gasteiger partial charge in [0.2, 0.25) is 0 Å². The van der Waals surface area contributed by atoms with E-state index in [9.17, 15) is 9.18 Å². The number of rotatable bonds is 10. The fourth-order valence-corrected chi connectivity index (χ4v) is 2.38. The van der Waals surface area contributed by atoms with Crippen molar-refractivity contribution >= 4 is 17.7 Å². The summed E-state index contributed by atoms with van der Waals surface area (Å²) in [6.07, 6.45) is 3.44. The summed E-state index contributed by atoms with van der Waals surface area (Å²) in [7, 11) is 0. The van der Waals surface area contributed by atoms with Gasteiger partial charge in [0, 0.05) is 0 Å². The average molecular weight is 264 g/mol. The first-order valence-corrected chi connectivity index (χ1v) is 7.50. The van der Waals surface area contributed by atoms with E-state index in [2.05, 4.69) is 6.92 Å². The predicted octanol–water partition coefficient (Wildman–Crippen LogP) is 3.84. The Morgan fingerprint density at radius 1 is 1.35 bits per heavy atom. The Balaban J connectivity index is 4.00. The lowest BCUT2D eigenvalue weighted by atomic mass is 10.2. The maximum absolute atomic E-state index is 12.0. The molecular formula is C13H25FO2S. The van der Waals surface area contributed by atoms with Gasteiger partial charge in [-0.2, -0.15) is 0 Å². The third-order valence-corrected chi connectivity index (χ3v) is 3.59. The number of unbranched alkanes of at least 4 members (excludes halogenated alkanes) is 1. The van der Waals surface area contributed by atoms with Crippen molar-refractivity contribution in [2.75, 3.05) is 19.0 Å². The van der Waals surface area contributed by atoms with Crippen molar-refractivity contribution in [1.29, 1.82) is 0 Å². The summed E-state index contributed by atoms with van der Waals surface area (Å²) >= 11 is 1.53. The van der Waals surface area contributed by atoms with E-state index in [4.69, 9.17) is 4.74 Å². The van der Waals surface area contributed by atoms with Crippen molar-refractivity contribution in [2.45, 2.75) is 51.7 Å². The van der Waals surface area contributed by atoms with Gasteiger partial charge in [-0.15, -0.1) is 11.8 Å². The summed E-state index contributed by atoms with van der Waals surface area (Å²) in [5.74, 6) is 0.930. The van der Waals surface area contributed by atoms with Gasteiger partial charge in [-0.05, 0) is 24.5 Å². The highest BCUT2D eigenvalue weighted by molar-refractivity contribution is 8.00. The Bertz CT molecular complexity index is 198. The van der Waals surface area contributed by atoms with Crippen LogP contribution in [0.15, 0.2) is 0 Å². The van der Waals surface area contributed by atoms with Crippen LogP contribution in [0.4, 0.5) is 4.39 Å². The zero-order chi connectivity index (χ0) is 13.1. The van der Waals surface area contributed by atoms with Crippen molar-refractivity contribution in [3.8, 4) is 0 Å². The molecule has 0 fully saturated rings. The van der Waals surface area contributed by atoms with Gasteiger partial charge >= 0.3 is 5.97 Å². The molecule has 0 amide bonds. The van der Waals surface area contributed by atoms with E-state index in [1.807, 2.05) is 13.8 Å². The molecule has 17 heavy (non-hydrogen) atoms. The maximum Gasteiger partial charge on any atom is 0.319 e. The third-order valence-electron chi connectivity index (χ3n) is 2.24. The molecule has 0 aromatic rings. The van der Waals surface area contributed by atoms with Crippen molar-refractivity contribution in [1.82, 2.24) is 0 Å². The van der Waals surface area contributed by atoms with Crippen LogP contribution in [0.1, 0.15) is 46.5 Å². The van der Waals surface area contributed by atoms with Crippen molar-refractivity contribution < 1.29 is 13.9 Å². The molecule has 0 bridgehead atoms. The van der Waals surface area contributed by atoms with E-state index in [1.165, 1.54) is 11.8 Å². The Hall–Kier alpha value is -0.250. The number of halogens is 1. The summed E-state index contributed by atoms with van der Waals surface area (Å²) in [4.78, 5) is 11.8. The quantitative estimate of drug-likeness (QED) is 0.443. The van der Waals surface area contributed by atoms with E-state index in [0.717, 1.165) is 19.3 Å². The highest BCUT2D eigenvalue weighted by atomic mass is 32.2. The van der Waals surface area contributed by atoms with Gasteiger partial charge in [-0.25, -0.2) is 0 Å². The molecule has 0 aliphatic heterocycles. The van der Waals surface area contributed by atoms with Crippen LogP contribution in [0.5, 0.6) is 0 Å². The number of hydrogen-bond donors (Lipinski definition) is 0. The summed E-state index contributed by atoms with van der Waals surface area (Å²) in [6.45, 7) is 6.30. The highest BCUT2D eigenvalue weighted by Crippen LogP contribution is 2.20. The van der Waals surface area contributed by atoms with Gasteiger partial charge in [-0.1, -0.05) is 33.6 Å². The van der Waals surface area contributed by atoms with Crippen LogP contribution in [-0.4, -0.2) is 30.3 Å². The molecule has 0 saturated heterocycles. The monoisotopic (exact) mass is 264 g/mol. The molecule has 102 valence electrons. The first kappa shape index (κ1) is 16.8. The van der Waals surface area contributed by atoms with Crippen LogP contribution < -0.4 is 0 Å². The molecule has 1 unspecified atom stereocenters. The average Bonchev–Trinajstić information content (AvgIpc) is 2.30. The third kappa shape index (κ3) is 9.45. The fourth-order valence-electron chi connectivity index (χ4n) is 1.28. The molecule has 0 radical (unpaired) electrons. The molecule has 2 nitrogen and oxygen atoms in total. The van der Waals surface area contributed by atoms with Gasteiger partial charge in [0.05, 0.1) is 13.3 Å². The van der Waals surface area contributed by atoms with E-state index < -0.39 is 0 Å². The van der Waals surface area contributed by atoms with Crippen LogP contribution in [0.2, 0.25) is 0 Å². The number of carbonyl (C=O) groups excluding carboxylic acids is 1. The number of ether oxygens (including phenoxy) is 1. The molecule has 0 aliphatic carbocycles. The minimum atomic E-state index is -0.311. The molecule has 0 rings (SSSR count). The second-order valence-corrected chi connectivity index (χ2v) is 5.88. The SMILES string of the molecule is CCCCC(SCCCF)C(=O)OCC(C)C. The predicted molar refractivity (Wildman–Crippen MR) is 72.2 cm³/mol. The van der Waals surface area contributed by atoms with Crippen LogP contribution >= 0.6 is 11.8 Å². The van der Waals surface area contributed by atoms with Crippen LogP contribution in [0, 0.1) is 5.92 Å². The van der Waals surface area contributed by atoms with Gasteiger partial charge in [-0.3, -0.25) is 9.18 Å². The maximum atomic E-state index is 12.0. The lowest BCUT2D eigenvalue weighted by Gasteiger charge is -2.16. The molecule has 0 saturated carbocycles.